The van der Waals surface area contributed by atoms with Crippen LogP contribution in [0.4, 0.5) is 13.2 Å². The highest BCUT2D eigenvalue weighted by atomic mass is 19.4. The van der Waals surface area contributed by atoms with E-state index in [2.05, 4.69) is 5.32 Å². The molecule has 2 nitrogen and oxygen atoms in total. The first-order chi connectivity index (χ1) is 9.45. The molecular formula is C15H20F3NO. The van der Waals surface area contributed by atoms with Gasteiger partial charge in [0.15, 0.2) is 0 Å². The van der Waals surface area contributed by atoms with E-state index in [1.165, 1.54) is 0 Å². The summed E-state index contributed by atoms with van der Waals surface area (Å²) >= 11 is 0. The van der Waals surface area contributed by atoms with Crippen LogP contribution in [0.5, 0.6) is 0 Å². The molecule has 1 aliphatic heterocycles. The van der Waals surface area contributed by atoms with Crippen LogP contribution in [0, 0.1) is 5.41 Å². The Morgan fingerprint density at radius 1 is 1.25 bits per heavy atom. The number of rotatable bonds is 5. The predicted molar refractivity (Wildman–Crippen MR) is 71.6 cm³/mol. The van der Waals surface area contributed by atoms with Gasteiger partial charge in [-0.2, -0.15) is 13.2 Å². The number of benzene rings is 1. The van der Waals surface area contributed by atoms with Crippen LogP contribution >= 0.6 is 0 Å². The molecule has 1 heterocycles. The molecule has 0 aliphatic carbocycles. The molecule has 1 aliphatic rings. The van der Waals surface area contributed by atoms with Crippen molar-refractivity contribution >= 4 is 0 Å². The quantitative estimate of drug-likeness (QED) is 0.897. The molecule has 2 rings (SSSR count). The molecule has 0 bridgehead atoms. The van der Waals surface area contributed by atoms with Crippen molar-refractivity contribution in [3.8, 4) is 0 Å². The third kappa shape index (κ3) is 3.73. The lowest BCUT2D eigenvalue weighted by molar-refractivity contribution is -0.137. The molecule has 20 heavy (non-hydrogen) atoms. The van der Waals surface area contributed by atoms with E-state index in [0.717, 1.165) is 50.2 Å². The van der Waals surface area contributed by atoms with Gasteiger partial charge >= 0.3 is 6.18 Å². The summed E-state index contributed by atoms with van der Waals surface area (Å²) in [7, 11) is 0. The maximum atomic E-state index is 12.5. The summed E-state index contributed by atoms with van der Waals surface area (Å²) < 4.78 is 43.1. The van der Waals surface area contributed by atoms with E-state index in [1.54, 1.807) is 12.1 Å². The molecule has 1 fully saturated rings. The summed E-state index contributed by atoms with van der Waals surface area (Å²) in [5, 5.41) is 3.33. The lowest BCUT2D eigenvalue weighted by Gasteiger charge is -2.28. The van der Waals surface area contributed by atoms with Crippen molar-refractivity contribution in [2.75, 3.05) is 26.3 Å². The van der Waals surface area contributed by atoms with Gasteiger partial charge in [-0.1, -0.05) is 19.1 Å². The fraction of sp³-hybridized carbons (Fsp3) is 0.600. The van der Waals surface area contributed by atoms with E-state index in [4.69, 9.17) is 4.74 Å². The van der Waals surface area contributed by atoms with Crippen molar-refractivity contribution in [1.29, 1.82) is 0 Å². The van der Waals surface area contributed by atoms with E-state index < -0.39 is 11.7 Å². The number of hydrogen-bond acceptors (Lipinski definition) is 2. The van der Waals surface area contributed by atoms with Crippen LogP contribution in [0.15, 0.2) is 24.3 Å². The Hall–Kier alpha value is -1.07. The zero-order valence-electron chi connectivity index (χ0n) is 11.6. The summed E-state index contributed by atoms with van der Waals surface area (Å²) in [6.45, 7) is 5.16. The third-order valence-corrected chi connectivity index (χ3v) is 3.80. The Labute approximate surface area is 117 Å². The molecule has 0 saturated carbocycles. The molecular weight excluding hydrogens is 267 g/mol. The monoisotopic (exact) mass is 287 g/mol. The molecule has 1 unspecified atom stereocenters. The lowest BCUT2D eigenvalue weighted by Crippen LogP contribution is -2.36. The standard InChI is InChI=1S/C15H20F3NO/c1-2-19-10-14(7-8-20-11-14)9-12-3-5-13(6-4-12)15(16,17)18/h3-6,19H,2,7-11H2,1H3. The maximum absolute atomic E-state index is 12.5. The van der Waals surface area contributed by atoms with Gasteiger partial charge in [-0.25, -0.2) is 0 Å². The smallest absolute Gasteiger partial charge is 0.381 e. The van der Waals surface area contributed by atoms with E-state index in [9.17, 15) is 13.2 Å². The minimum Gasteiger partial charge on any atom is -0.381 e. The van der Waals surface area contributed by atoms with Gasteiger partial charge in [0.1, 0.15) is 0 Å². The molecule has 1 saturated heterocycles. The molecule has 5 heteroatoms. The first-order valence-electron chi connectivity index (χ1n) is 6.90. The van der Waals surface area contributed by atoms with E-state index in [1.807, 2.05) is 6.92 Å². The largest absolute Gasteiger partial charge is 0.416 e. The van der Waals surface area contributed by atoms with Crippen LogP contribution in [-0.4, -0.2) is 26.3 Å². The average Bonchev–Trinajstić information content (AvgIpc) is 2.85. The Morgan fingerprint density at radius 2 is 1.95 bits per heavy atom. The molecule has 1 N–H and O–H groups in total. The second-order valence-corrected chi connectivity index (χ2v) is 5.45. The summed E-state index contributed by atoms with van der Waals surface area (Å²) in [5.74, 6) is 0. The Bertz CT molecular complexity index is 422. The van der Waals surface area contributed by atoms with Crippen LogP contribution in [0.1, 0.15) is 24.5 Å². The van der Waals surface area contributed by atoms with Gasteiger partial charge in [0.25, 0.3) is 0 Å². The van der Waals surface area contributed by atoms with Gasteiger partial charge < -0.3 is 10.1 Å². The molecule has 0 radical (unpaired) electrons. The molecule has 112 valence electrons. The highest BCUT2D eigenvalue weighted by molar-refractivity contribution is 5.25. The number of halogens is 3. The average molecular weight is 287 g/mol. The van der Waals surface area contributed by atoms with E-state index in [0.29, 0.717) is 6.61 Å². The van der Waals surface area contributed by atoms with Gasteiger partial charge in [0, 0.05) is 18.6 Å². The zero-order valence-corrected chi connectivity index (χ0v) is 11.6. The van der Waals surface area contributed by atoms with Crippen molar-refractivity contribution in [3.05, 3.63) is 35.4 Å². The minimum atomic E-state index is -4.27. The normalized spacial score (nSPS) is 23.2. The van der Waals surface area contributed by atoms with Crippen LogP contribution in [-0.2, 0) is 17.3 Å². The van der Waals surface area contributed by atoms with Crippen molar-refractivity contribution in [2.45, 2.75) is 25.9 Å². The third-order valence-electron chi connectivity index (χ3n) is 3.80. The van der Waals surface area contributed by atoms with Crippen LogP contribution in [0.2, 0.25) is 0 Å². The van der Waals surface area contributed by atoms with Gasteiger partial charge in [0.05, 0.1) is 12.2 Å². The first kappa shape index (κ1) is 15.3. The number of ether oxygens (including phenoxy) is 1. The zero-order chi connectivity index (χ0) is 14.6. The van der Waals surface area contributed by atoms with Crippen molar-refractivity contribution in [2.24, 2.45) is 5.41 Å². The second kappa shape index (κ2) is 6.14. The summed E-state index contributed by atoms with van der Waals surface area (Å²) in [6, 6.07) is 5.47. The van der Waals surface area contributed by atoms with Gasteiger partial charge in [-0.15, -0.1) is 0 Å². The fourth-order valence-corrected chi connectivity index (χ4v) is 2.63. The van der Waals surface area contributed by atoms with E-state index >= 15 is 0 Å². The number of hydrogen-bond donors (Lipinski definition) is 1. The fourth-order valence-electron chi connectivity index (χ4n) is 2.63. The molecule has 0 spiro atoms. The Balaban J connectivity index is 2.07. The van der Waals surface area contributed by atoms with Gasteiger partial charge in [-0.3, -0.25) is 0 Å². The molecule has 1 atom stereocenters. The van der Waals surface area contributed by atoms with Crippen molar-refractivity contribution < 1.29 is 17.9 Å². The highest BCUT2D eigenvalue weighted by Crippen LogP contribution is 2.34. The van der Waals surface area contributed by atoms with Crippen LogP contribution in [0.3, 0.4) is 0 Å². The topological polar surface area (TPSA) is 21.3 Å². The number of alkyl halides is 3. The molecule has 1 aromatic carbocycles. The van der Waals surface area contributed by atoms with Gasteiger partial charge in [-0.05, 0) is 37.1 Å². The Kier molecular flexibility index (Phi) is 4.70. The summed E-state index contributed by atoms with van der Waals surface area (Å²) in [4.78, 5) is 0. The van der Waals surface area contributed by atoms with Crippen molar-refractivity contribution in [3.63, 3.8) is 0 Å². The SMILES string of the molecule is CCNCC1(Cc2ccc(C(F)(F)F)cc2)CCOC1. The van der Waals surface area contributed by atoms with Crippen molar-refractivity contribution in [1.82, 2.24) is 5.32 Å². The predicted octanol–water partition coefficient (Wildman–Crippen LogP) is 3.26. The minimum absolute atomic E-state index is 0.00968. The van der Waals surface area contributed by atoms with Crippen LogP contribution in [0.25, 0.3) is 0 Å². The second-order valence-electron chi connectivity index (χ2n) is 5.45. The number of nitrogens with one attached hydrogen (secondary N) is 1. The van der Waals surface area contributed by atoms with Gasteiger partial charge in [0.2, 0.25) is 0 Å². The van der Waals surface area contributed by atoms with Crippen LogP contribution < -0.4 is 5.32 Å². The molecule has 1 aromatic rings. The molecule has 0 aromatic heterocycles. The maximum Gasteiger partial charge on any atom is 0.416 e. The summed E-state index contributed by atoms with van der Waals surface area (Å²) in [6.07, 6.45) is -2.57. The Morgan fingerprint density at radius 3 is 2.45 bits per heavy atom. The first-order valence-corrected chi connectivity index (χ1v) is 6.90. The van der Waals surface area contributed by atoms with E-state index in [-0.39, 0.29) is 5.41 Å². The molecule has 0 amide bonds. The highest BCUT2D eigenvalue weighted by Gasteiger charge is 2.35. The lowest BCUT2D eigenvalue weighted by atomic mass is 9.80. The summed E-state index contributed by atoms with van der Waals surface area (Å²) in [5.41, 5.74) is 0.349.